The maximum atomic E-state index is 9.25. The van der Waals surface area contributed by atoms with Gasteiger partial charge >= 0.3 is 0 Å². The summed E-state index contributed by atoms with van der Waals surface area (Å²) in [5, 5.41) is 19.9. The van der Waals surface area contributed by atoms with Crippen molar-refractivity contribution in [1.82, 2.24) is 4.90 Å². The van der Waals surface area contributed by atoms with E-state index in [0.717, 1.165) is 25.1 Å². The van der Waals surface area contributed by atoms with E-state index in [1.165, 1.54) is 11.3 Å². The van der Waals surface area contributed by atoms with Crippen LogP contribution < -0.4 is 0 Å². The third-order valence-corrected chi connectivity index (χ3v) is 3.96. The Morgan fingerprint density at radius 3 is 3.12 bits per heavy atom. The van der Waals surface area contributed by atoms with Crippen molar-refractivity contribution in [2.75, 3.05) is 19.8 Å². The highest BCUT2D eigenvalue weighted by atomic mass is 32.1. The third-order valence-electron chi connectivity index (χ3n) is 3.03. The van der Waals surface area contributed by atoms with Crippen LogP contribution in [-0.2, 0) is 6.54 Å². The van der Waals surface area contributed by atoms with E-state index in [4.69, 9.17) is 5.11 Å². The third kappa shape index (κ3) is 3.30. The molecule has 0 bridgehead atoms. The molecule has 17 heavy (non-hydrogen) atoms. The van der Waals surface area contributed by atoms with E-state index in [2.05, 4.69) is 22.8 Å². The van der Waals surface area contributed by atoms with Crippen LogP contribution in [0.25, 0.3) is 0 Å². The van der Waals surface area contributed by atoms with Gasteiger partial charge in [-0.05, 0) is 25.5 Å². The van der Waals surface area contributed by atoms with Crippen molar-refractivity contribution in [3.05, 3.63) is 21.9 Å². The molecule has 1 unspecified atom stereocenters. The van der Waals surface area contributed by atoms with E-state index in [1.54, 1.807) is 11.3 Å². The number of thiophene rings is 1. The van der Waals surface area contributed by atoms with Crippen molar-refractivity contribution in [3.8, 4) is 11.8 Å². The topological polar surface area (TPSA) is 43.7 Å². The molecule has 1 saturated heterocycles. The fraction of sp³-hybridized carbons (Fsp3) is 0.538. The fourth-order valence-electron chi connectivity index (χ4n) is 2.18. The van der Waals surface area contributed by atoms with E-state index >= 15 is 0 Å². The number of likely N-dealkylation sites (tertiary alicyclic amines) is 1. The lowest BCUT2D eigenvalue weighted by Gasteiger charge is -2.21. The first kappa shape index (κ1) is 12.6. The fourth-order valence-corrected chi connectivity index (χ4v) is 3.02. The van der Waals surface area contributed by atoms with Gasteiger partial charge in [0.25, 0.3) is 0 Å². The van der Waals surface area contributed by atoms with Gasteiger partial charge in [0, 0.05) is 28.4 Å². The molecule has 0 spiro atoms. The quantitative estimate of drug-likeness (QED) is 0.789. The van der Waals surface area contributed by atoms with E-state index in [0.29, 0.717) is 6.04 Å². The summed E-state index contributed by atoms with van der Waals surface area (Å²) >= 11 is 1.69. The molecule has 1 aromatic heterocycles. The van der Waals surface area contributed by atoms with Crippen molar-refractivity contribution in [2.24, 2.45) is 0 Å². The first-order valence-corrected chi connectivity index (χ1v) is 6.73. The maximum absolute atomic E-state index is 9.25. The predicted molar refractivity (Wildman–Crippen MR) is 68.8 cm³/mol. The van der Waals surface area contributed by atoms with Crippen LogP contribution >= 0.6 is 11.3 Å². The summed E-state index contributed by atoms with van der Waals surface area (Å²) in [6.45, 7) is 2.13. The van der Waals surface area contributed by atoms with Crippen LogP contribution in [0.15, 0.2) is 11.4 Å². The highest BCUT2D eigenvalue weighted by Gasteiger charge is 2.23. The van der Waals surface area contributed by atoms with Gasteiger partial charge in [-0.3, -0.25) is 4.90 Å². The molecular formula is C13H17NO2S. The van der Waals surface area contributed by atoms with Gasteiger partial charge in [0.15, 0.2) is 0 Å². The SMILES string of the molecule is OCC#Cc1csc(CN2CCCC2CO)c1. The van der Waals surface area contributed by atoms with Crippen molar-refractivity contribution in [1.29, 1.82) is 0 Å². The molecule has 1 aliphatic heterocycles. The Balaban J connectivity index is 1.96. The first-order valence-electron chi connectivity index (χ1n) is 5.85. The van der Waals surface area contributed by atoms with Gasteiger partial charge in [0.1, 0.15) is 6.61 Å². The van der Waals surface area contributed by atoms with E-state index in [-0.39, 0.29) is 13.2 Å². The van der Waals surface area contributed by atoms with Crippen molar-refractivity contribution < 1.29 is 10.2 Å². The molecule has 1 fully saturated rings. The number of hydrogen-bond acceptors (Lipinski definition) is 4. The second-order valence-electron chi connectivity index (χ2n) is 4.21. The van der Waals surface area contributed by atoms with E-state index in [1.807, 2.05) is 5.38 Å². The molecule has 2 rings (SSSR count). The van der Waals surface area contributed by atoms with Gasteiger partial charge in [0.05, 0.1) is 6.61 Å². The van der Waals surface area contributed by atoms with Crippen molar-refractivity contribution >= 4 is 11.3 Å². The summed E-state index contributed by atoms with van der Waals surface area (Å²) in [6, 6.07) is 2.39. The molecule has 1 aliphatic rings. The van der Waals surface area contributed by atoms with Gasteiger partial charge in [-0.2, -0.15) is 0 Å². The zero-order valence-corrected chi connectivity index (χ0v) is 10.5. The van der Waals surface area contributed by atoms with Gasteiger partial charge < -0.3 is 10.2 Å². The van der Waals surface area contributed by atoms with Gasteiger partial charge in [0.2, 0.25) is 0 Å². The van der Waals surface area contributed by atoms with Crippen LogP contribution in [0.1, 0.15) is 23.3 Å². The largest absolute Gasteiger partial charge is 0.395 e. The van der Waals surface area contributed by atoms with Crippen LogP contribution in [-0.4, -0.2) is 40.9 Å². The lowest BCUT2D eigenvalue weighted by molar-refractivity contribution is 0.154. The number of nitrogens with zero attached hydrogens (tertiary/aromatic N) is 1. The monoisotopic (exact) mass is 251 g/mol. The smallest absolute Gasteiger partial charge is 0.104 e. The molecule has 2 N–H and O–H groups in total. The summed E-state index contributed by atoms with van der Waals surface area (Å²) in [5.74, 6) is 5.56. The van der Waals surface area contributed by atoms with Gasteiger partial charge in [-0.1, -0.05) is 11.8 Å². The minimum absolute atomic E-state index is 0.0934. The zero-order chi connectivity index (χ0) is 12.1. The first-order chi connectivity index (χ1) is 8.33. The normalized spacial score (nSPS) is 20.2. The van der Waals surface area contributed by atoms with E-state index < -0.39 is 0 Å². The summed E-state index contributed by atoms with van der Waals surface area (Å²) in [5.41, 5.74) is 0.971. The van der Waals surface area contributed by atoms with Crippen molar-refractivity contribution in [3.63, 3.8) is 0 Å². The summed E-state index contributed by atoms with van der Waals surface area (Å²) in [7, 11) is 0. The molecule has 1 aromatic rings. The molecule has 0 radical (unpaired) electrons. The summed E-state index contributed by atoms with van der Waals surface area (Å²) < 4.78 is 0. The number of rotatable bonds is 3. The maximum Gasteiger partial charge on any atom is 0.104 e. The van der Waals surface area contributed by atoms with Gasteiger partial charge in [-0.25, -0.2) is 0 Å². The molecular weight excluding hydrogens is 234 g/mol. The molecule has 0 aromatic carbocycles. The Morgan fingerprint density at radius 2 is 2.35 bits per heavy atom. The lowest BCUT2D eigenvalue weighted by Crippen LogP contribution is -2.31. The number of aliphatic hydroxyl groups excluding tert-OH is 2. The summed E-state index contributed by atoms with van der Waals surface area (Å²) in [4.78, 5) is 3.60. The molecule has 0 saturated carbocycles. The molecule has 3 nitrogen and oxygen atoms in total. The Labute approximate surface area is 106 Å². The Morgan fingerprint density at radius 1 is 1.47 bits per heavy atom. The van der Waals surface area contributed by atoms with Crippen LogP contribution in [0.5, 0.6) is 0 Å². The van der Waals surface area contributed by atoms with Crippen LogP contribution in [0.4, 0.5) is 0 Å². The number of aliphatic hydroxyl groups is 2. The average Bonchev–Trinajstić information content (AvgIpc) is 2.96. The second kappa shape index (κ2) is 6.18. The molecule has 0 aliphatic carbocycles. The van der Waals surface area contributed by atoms with Gasteiger partial charge in [-0.15, -0.1) is 11.3 Å². The number of hydrogen-bond donors (Lipinski definition) is 2. The molecule has 0 amide bonds. The highest BCUT2D eigenvalue weighted by Crippen LogP contribution is 2.22. The summed E-state index contributed by atoms with van der Waals surface area (Å²) in [6.07, 6.45) is 2.27. The Bertz CT molecular complexity index is 419. The highest BCUT2D eigenvalue weighted by molar-refractivity contribution is 7.10. The lowest BCUT2D eigenvalue weighted by atomic mass is 10.2. The van der Waals surface area contributed by atoms with Crippen LogP contribution in [0.3, 0.4) is 0 Å². The van der Waals surface area contributed by atoms with Crippen molar-refractivity contribution in [2.45, 2.75) is 25.4 Å². The Kier molecular flexibility index (Phi) is 4.57. The van der Waals surface area contributed by atoms with E-state index in [9.17, 15) is 5.11 Å². The standard InChI is InChI=1S/C13H17NO2S/c15-6-2-3-11-7-13(17-10-11)8-14-5-1-4-12(14)9-16/h7,10,12,15-16H,1,4-6,8-9H2. The van der Waals surface area contributed by atoms with Crippen LogP contribution in [0, 0.1) is 11.8 Å². The molecule has 92 valence electrons. The average molecular weight is 251 g/mol. The minimum Gasteiger partial charge on any atom is -0.395 e. The minimum atomic E-state index is -0.0934. The molecule has 2 heterocycles. The Hall–Kier alpha value is -0.860. The zero-order valence-electron chi connectivity index (χ0n) is 9.72. The van der Waals surface area contributed by atoms with Crippen LogP contribution in [0.2, 0.25) is 0 Å². The molecule has 4 heteroatoms. The second-order valence-corrected chi connectivity index (χ2v) is 5.21. The molecule has 1 atom stereocenters. The predicted octanol–water partition coefficient (Wildman–Crippen LogP) is 1.05.